The number of nitrogens with one attached hydrogen (secondary N) is 1. The summed E-state index contributed by atoms with van der Waals surface area (Å²) >= 11 is 1.57. The molecule has 0 unspecified atom stereocenters. The van der Waals surface area contributed by atoms with Crippen molar-refractivity contribution in [3.63, 3.8) is 0 Å². The van der Waals surface area contributed by atoms with Crippen LogP contribution in [0.3, 0.4) is 0 Å². The van der Waals surface area contributed by atoms with Gasteiger partial charge >= 0.3 is 0 Å². The van der Waals surface area contributed by atoms with Crippen molar-refractivity contribution in [3.05, 3.63) is 23.8 Å². The Bertz CT molecular complexity index is 428. The first-order valence-electron chi connectivity index (χ1n) is 6.43. The molecule has 1 fully saturated rings. The van der Waals surface area contributed by atoms with Crippen LogP contribution in [0.2, 0.25) is 0 Å². The van der Waals surface area contributed by atoms with E-state index < -0.39 is 0 Å². The first kappa shape index (κ1) is 13.3. The van der Waals surface area contributed by atoms with Gasteiger partial charge in [-0.05, 0) is 43.5 Å². The van der Waals surface area contributed by atoms with Gasteiger partial charge in [0.1, 0.15) is 0 Å². The molecule has 2 rings (SSSR count). The summed E-state index contributed by atoms with van der Waals surface area (Å²) < 4.78 is 0. The molecular weight excluding hydrogens is 244 g/mol. The predicted molar refractivity (Wildman–Crippen MR) is 76.7 cm³/mol. The van der Waals surface area contributed by atoms with Gasteiger partial charge in [-0.15, -0.1) is 11.8 Å². The van der Waals surface area contributed by atoms with E-state index in [1.165, 1.54) is 12.8 Å². The van der Waals surface area contributed by atoms with Gasteiger partial charge in [0.15, 0.2) is 0 Å². The molecule has 3 nitrogen and oxygen atoms in total. The van der Waals surface area contributed by atoms with Crippen molar-refractivity contribution in [2.24, 2.45) is 0 Å². The Kier molecular flexibility index (Phi) is 4.53. The third kappa shape index (κ3) is 3.67. The second kappa shape index (κ2) is 6.14. The number of carbonyl (C=O) groups excluding carboxylic acids is 1. The number of nitrogens with two attached hydrogens (primary N) is 1. The normalized spacial score (nSPS) is 15.8. The number of carbonyl (C=O) groups is 1. The fraction of sp³-hybridized carbons (Fsp3) is 0.500. The molecule has 0 spiro atoms. The Balaban J connectivity index is 1.79. The van der Waals surface area contributed by atoms with E-state index in [1.807, 2.05) is 25.1 Å². The number of thioether (sulfide) groups is 1. The van der Waals surface area contributed by atoms with Gasteiger partial charge in [0.05, 0.1) is 5.75 Å². The third-order valence-electron chi connectivity index (χ3n) is 3.33. The van der Waals surface area contributed by atoms with Crippen LogP contribution in [-0.2, 0) is 4.79 Å². The topological polar surface area (TPSA) is 55.1 Å². The molecule has 0 aromatic heterocycles. The summed E-state index contributed by atoms with van der Waals surface area (Å²) in [6.45, 7) is 1.98. The predicted octanol–water partition coefficient (Wildman–Crippen LogP) is 2.73. The smallest absolute Gasteiger partial charge is 0.230 e. The van der Waals surface area contributed by atoms with Gasteiger partial charge < -0.3 is 11.1 Å². The molecule has 0 heterocycles. The van der Waals surface area contributed by atoms with Crippen LogP contribution >= 0.6 is 11.8 Å². The number of aryl methyl sites for hydroxylation is 1. The third-order valence-corrected chi connectivity index (χ3v) is 4.33. The minimum absolute atomic E-state index is 0.140. The summed E-state index contributed by atoms with van der Waals surface area (Å²) in [4.78, 5) is 12.9. The number of hydrogen-bond donors (Lipinski definition) is 2. The number of anilines is 1. The van der Waals surface area contributed by atoms with Crippen LogP contribution < -0.4 is 11.1 Å². The number of amides is 1. The van der Waals surface area contributed by atoms with Crippen molar-refractivity contribution in [2.45, 2.75) is 43.5 Å². The van der Waals surface area contributed by atoms with Crippen molar-refractivity contribution < 1.29 is 4.79 Å². The fourth-order valence-corrected chi connectivity index (χ4v) is 3.03. The largest absolute Gasteiger partial charge is 0.399 e. The molecule has 1 saturated carbocycles. The second-order valence-corrected chi connectivity index (χ2v) is 5.90. The molecule has 0 radical (unpaired) electrons. The van der Waals surface area contributed by atoms with E-state index in [0.717, 1.165) is 29.0 Å². The lowest BCUT2D eigenvalue weighted by molar-refractivity contribution is -0.119. The highest BCUT2D eigenvalue weighted by Gasteiger charge is 2.16. The molecule has 1 amide bonds. The maximum Gasteiger partial charge on any atom is 0.230 e. The molecule has 0 saturated heterocycles. The lowest BCUT2D eigenvalue weighted by Crippen LogP contribution is -2.33. The molecule has 1 aliphatic rings. The van der Waals surface area contributed by atoms with Gasteiger partial charge in [0.25, 0.3) is 0 Å². The quantitative estimate of drug-likeness (QED) is 0.649. The molecule has 3 N–H and O–H groups in total. The molecule has 1 aromatic carbocycles. The number of nitrogen functional groups attached to an aromatic ring is 1. The molecule has 18 heavy (non-hydrogen) atoms. The average molecular weight is 264 g/mol. The van der Waals surface area contributed by atoms with E-state index in [-0.39, 0.29) is 5.91 Å². The van der Waals surface area contributed by atoms with Gasteiger partial charge in [0.2, 0.25) is 5.91 Å². The maximum absolute atomic E-state index is 11.8. The molecule has 0 atom stereocenters. The second-order valence-electron chi connectivity index (χ2n) is 4.86. The van der Waals surface area contributed by atoms with E-state index in [2.05, 4.69) is 5.32 Å². The Hall–Kier alpha value is -1.16. The van der Waals surface area contributed by atoms with Crippen LogP contribution in [-0.4, -0.2) is 17.7 Å². The molecule has 4 heteroatoms. The number of benzene rings is 1. The van der Waals surface area contributed by atoms with E-state index in [4.69, 9.17) is 5.73 Å². The van der Waals surface area contributed by atoms with E-state index >= 15 is 0 Å². The van der Waals surface area contributed by atoms with Crippen LogP contribution in [0.1, 0.15) is 31.2 Å². The van der Waals surface area contributed by atoms with Crippen LogP contribution in [0.5, 0.6) is 0 Å². The Morgan fingerprint density at radius 2 is 2.17 bits per heavy atom. The number of rotatable bonds is 4. The Labute approximate surface area is 113 Å². The van der Waals surface area contributed by atoms with Crippen LogP contribution in [0, 0.1) is 6.92 Å². The van der Waals surface area contributed by atoms with Crippen molar-refractivity contribution in [2.75, 3.05) is 11.5 Å². The zero-order valence-corrected chi connectivity index (χ0v) is 11.6. The van der Waals surface area contributed by atoms with Gasteiger partial charge in [-0.1, -0.05) is 12.8 Å². The fourth-order valence-electron chi connectivity index (χ4n) is 2.23. The van der Waals surface area contributed by atoms with Crippen LogP contribution in [0.4, 0.5) is 5.69 Å². The maximum atomic E-state index is 11.8. The van der Waals surface area contributed by atoms with Crippen molar-refractivity contribution >= 4 is 23.4 Å². The highest BCUT2D eigenvalue weighted by Crippen LogP contribution is 2.23. The highest BCUT2D eigenvalue weighted by molar-refractivity contribution is 8.00. The standard InChI is InChI=1S/C14H20N2OS/c1-10-8-12(6-7-13(10)15)18-9-14(17)16-11-4-2-3-5-11/h6-8,11H,2-5,9,15H2,1H3,(H,16,17). The highest BCUT2D eigenvalue weighted by atomic mass is 32.2. The summed E-state index contributed by atoms with van der Waals surface area (Å²) in [6, 6.07) is 6.30. The summed E-state index contributed by atoms with van der Waals surface area (Å²) in [7, 11) is 0. The first-order valence-corrected chi connectivity index (χ1v) is 7.42. The van der Waals surface area contributed by atoms with E-state index in [1.54, 1.807) is 11.8 Å². The minimum atomic E-state index is 0.140. The SMILES string of the molecule is Cc1cc(SCC(=O)NC2CCCC2)ccc1N. The van der Waals surface area contributed by atoms with Crippen molar-refractivity contribution in [3.8, 4) is 0 Å². The van der Waals surface area contributed by atoms with Crippen LogP contribution in [0.25, 0.3) is 0 Å². The minimum Gasteiger partial charge on any atom is -0.399 e. The lowest BCUT2D eigenvalue weighted by Gasteiger charge is -2.11. The monoisotopic (exact) mass is 264 g/mol. The van der Waals surface area contributed by atoms with Gasteiger partial charge in [-0.3, -0.25) is 4.79 Å². The lowest BCUT2D eigenvalue weighted by atomic mass is 10.2. The molecule has 98 valence electrons. The summed E-state index contributed by atoms with van der Waals surface area (Å²) in [5, 5.41) is 3.09. The zero-order valence-electron chi connectivity index (χ0n) is 10.7. The molecule has 1 aliphatic carbocycles. The van der Waals surface area contributed by atoms with Gasteiger partial charge in [-0.25, -0.2) is 0 Å². The Morgan fingerprint density at radius 1 is 1.44 bits per heavy atom. The molecule has 0 bridgehead atoms. The summed E-state index contributed by atoms with van der Waals surface area (Å²) in [6.07, 6.45) is 4.76. The zero-order chi connectivity index (χ0) is 13.0. The molecule has 0 aliphatic heterocycles. The molecule has 1 aromatic rings. The van der Waals surface area contributed by atoms with Crippen LogP contribution in [0.15, 0.2) is 23.1 Å². The Morgan fingerprint density at radius 3 is 2.83 bits per heavy atom. The first-order chi connectivity index (χ1) is 8.65. The average Bonchev–Trinajstić information content (AvgIpc) is 2.83. The van der Waals surface area contributed by atoms with Gasteiger partial charge in [0, 0.05) is 16.6 Å². The summed E-state index contributed by atoms with van der Waals surface area (Å²) in [5.74, 6) is 0.626. The van der Waals surface area contributed by atoms with E-state index in [9.17, 15) is 4.79 Å². The number of hydrogen-bond acceptors (Lipinski definition) is 3. The van der Waals surface area contributed by atoms with Gasteiger partial charge in [-0.2, -0.15) is 0 Å². The van der Waals surface area contributed by atoms with E-state index in [0.29, 0.717) is 11.8 Å². The summed E-state index contributed by atoms with van der Waals surface area (Å²) in [5.41, 5.74) is 7.63. The van der Waals surface area contributed by atoms with Crippen molar-refractivity contribution in [1.82, 2.24) is 5.32 Å². The molecular formula is C14H20N2OS. The van der Waals surface area contributed by atoms with Crippen molar-refractivity contribution in [1.29, 1.82) is 0 Å².